The van der Waals surface area contributed by atoms with Gasteiger partial charge in [-0.2, -0.15) is 18.4 Å². The van der Waals surface area contributed by atoms with Gasteiger partial charge < -0.3 is 19.4 Å². The van der Waals surface area contributed by atoms with Crippen molar-refractivity contribution in [2.75, 3.05) is 31.6 Å². The highest BCUT2D eigenvalue weighted by Crippen LogP contribution is 2.37. The summed E-state index contributed by atoms with van der Waals surface area (Å²) in [6, 6.07) is 9.36. The van der Waals surface area contributed by atoms with Crippen molar-refractivity contribution in [2.45, 2.75) is 18.3 Å². The standard InChI is InChI=1S/C23H18F4N4O4/c1-35-21(34)29-12-22(13-29)20(33)30(17-7-4-15(9-28)18(24)8-17)11-19(32)31(22)10-14-2-5-16(6-3-14)23(25,26)27/h2-8H,10-13H2,1H3. The number of benzene rings is 2. The van der Waals surface area contributed by atoms with E-state index in [1.807, 2.05) is 0 Å². The Kier molecular flexibility index (Phi) is 5.88. The number of halogens is 4. The summed E-state index contributed by atoms with van der Waals surface area (Å²) < 4.78 is 57.6. The lowest BCUT2D eigenvalue weighted by Crippen LogP contribution is -2.81. The molecule has 4 rings (SSSR count). The minimum Gasteiger partial charge on any atom is -0.453 e. The second kappa shape index (κ2) is 8.57. The van der Waals surface area contributed by atoms with Gasteiger partial charge in [0.1, 0.15) is 18.4 Å². The first-order chi connectivity index (χ1) is 16.5. The molecule has 0 aliphatic carbocycles. The maximum Gasteiger partial charge on any atom is 0.416 e. The fourth-order valence-corrected chi connectivity index (χ4v) is 4.24. The number of hydrogen-bond donors (Lipinski definition) is 0. The number of nitriles is 1. The number of nitrogens with zero attached hydrogens (tertiary/aromatic N) is 4. The molecule has 1 spiro atoms. The molecular weight excluding hydrogens is 472 g/mol. The van der Waals surface area contributed by atoms with E-state index in [0.29, 0.717) is 5.56 Å². The Morgan fingerprint density at radius 3 is 2.34 bits per heavy atom. The van der Waals surface area contributed by atoms with Gasteiger partial charge in [0.2, 0.25) is 5.91 Å². The zero-order valence-corrected chi connectivity index (χ0v) is 18.3. The molecule has 2 aromatic carbocycles. The third kappa shape index (κ3) is 4.14. The monoisotopic (exact) mass is 490 g/mol. The van der Waals surface area contributed by atoms with E-state index < -0.39 is 47.5 Å². The smallest absolute Gasteiger partial charge is 0.416 e. The van der Waals surface area contributed by atoms with Crippen molar-refractivity contribution in [3.05, 3.63) is 65.0 Å². The van der Waals surface area contributed by atoms with Gasteiger partial charge in [0, 0.05) is 12.2 Å². The van der Waals surface area contributed by atoms with Crippen LogP contribution in [0.5, 0.6) is 0 Å². The van der Waals surface area contributed by atoms with E-state index in [9.17, 15) is 31.9 Å². The Morgan fingerprint density at radius 2 is 1.80 bits per heavy atom. The van der Waals surface area contributed by atoms with Crippen molar-refractivity contribution in [2.24, 2.45) is 0 Å². The molecule has 12 heteroatoms. The lowest BCUT2D eigenvalue weighted by molar-refractivity contribution is -0.162. The third-order valence-corrected chi connectivity index (χ3v) is 6.10. The van der Waals surface area contributed by atoms with Crippen molar-refractivity contribution in [1.29, 1.82) is 5.26 Å². The summed E-state index contributed by atoms with van der Waals surface area (Å²) in [7, 11) is 1.16. The number of anilines is 1. The summed E-state index contributed by atoms with van der Waals surface area (Å²) in [5.74, 6) is -2.00. The number of methoxy groups -OCH3 is 1. The molecule has 0 bridgehead atoms. The maximum absolute atomic E-state index is 14.2. The average Bonchev–Trinajstić information content (AvgIpc) is 2.79. The highest BCUT2D eigenvalue weighted by molar-refractivity contribution is 6.10. The third-order valence-electron chi connectivity index (χ3n) is 6.10. The predicted molar refractivity (Wildman–Crippen MR) is 112 cm³/mol. The summed E-state index contributed by atoms with van der Waals surface area (Å²) in [5.41, 5.74) is -2.19. The van der Waals surface area contributed by atoms with Crippen LogP contribution >= 0.6 is 0 Å². The molecule has 0 atom stereocenters. The minimum absolute atomic E-state index is 0.0601. The minimum atomic E-state index is -4.53. The molecule has 2 aliphatic heterocycles. The van der Waals surface area contributed by atoms with Crippen LogP contribution in [0, 0.1) is 17.1 Å². The summed E-state index contributed by atoms with van der Waals surface area (Å²) >= 11 is 0. The average molecular weight is 490 g/mol. The number of rotatable bonds is 3. The number of amides is 3. The molecule has 0 radical (unpaired) electrons. The Bertz CT molecular complexity index is 1230. The molecule has 35 heavy (non-hydrogen) atoms. The second-order valence-electron chi connectivity index (χ2n) is 8.20. The molecule has 2 fully saturated rings. The zero-order valence-electron chi connectivity index (χ0n) is 18.3. The first-order valence-corrected chi connectivity index (χ1v) is 10.3. The fourth-order valence-electron chi connectivity index (χ4n) is 4.24. The summed E-state index contributed by atoms with van der Waals surface area (Å²) in [6.07, 6.45) is -5.24. The van der Waals surface area contributed by atoms with Gasteiger partial charge in [0.05, 0.1) is 31.3 Å². The second-order valence-corrected chi connectivity index (χ2v) is 8.20. The number of carbonyl (C=O) groups is 3. The van der Waals surface area contributed by atoms with Gasteiger partial charge in [0.15, 0.2) is 5.54 Å². The highest BCUT2D eigenvalue weighted by atomic mass is 19.4. The Morgan fingerprint density at radius 1 is 1.14 bits per heavy atom. The van der Waals surface area contributed by atoms with Crippen LogP contribution in [-0.4, -0.2) is 60.0 Å². The van der Waals surface area contributed by atoms with Crippen molar-refractivity contribution in [3.63, 3.8) is 0 Å². The van der Waals surface area contributed by atoms with Crippen LogP contribution in [0.15, 0.2) is 42.5 Å². The van der Waals surface area contributed by atoms with Crippen molar-refractivity contribution in [1.82, 2.24) is 9.80 Å². The molecule has 0 saturated carbocycles. The molecule has 0 unspecified atom stereocenters. The Balaban J connectivity index is 1.66. The fraction of sp³-hybridized carbons (Fsp3) is 0.304. The van der Waals surface area contributed by atoms with E-state index in [0.717, 1.165) is 30.2 Å². The van der Waals surface area contributed by atoms with Crippen molar-refractivity contribution >= 4 is 23.6 Å². The number of likely N-dealkylation sites (tertiary alicyclic amines) is 1. The molecule has 2 heterocycles. The summed E-state index contributed by atoms with van der Waals surface area (Å²) in [6.45, 7) is -1.04. The van der Waals surface area contributed by atoms with Crippen LogP contribution in [-0.2, 0) is 27.0 Å². The largest absolute Gasteiger partial charge is 0.453 e. The van der Waals surface area contributed by atoms with Crippen molar-refractivity contribution < 1.29 is 36.7 Å². The zero-order chi connectivity index (χ0) is 25.5. The molecule has 0 aromatic heterocycles. The lowest BCUT2D eigenvalue weighted by atomic mass is 9.83. The Hall–Kier alpha value is -4.14. The number of hydrogen-bond acceptors (Lipinski definition) is 5. The molecule has 3 amide bonds. The van der Waals surface area contributed by atoms with Gasteiger partial charge in [-0.15, -0.1) is 0 Å². The van der Waals surface area contributed by atoms with E-state index in [1.165, 1.54) is 34.1 Å². The highest BCUT2D eigenvalue weighted by Gasteiger charge is 2.61. The van der Waals surface area contributed by atoms with Crippen LogP contribution in [0.25, 0.3) is 0 Å². The molecule has 0 N–H and O–H groups in total. The van der Waals surface area contributed by atoms with Crippen LogP contribution in [0.4, 0.5) is 28.0 Å². The van der Waals surface area contributed by atoms with Crippen molar-refractivity contribution in [3.8, 4) is 6.07 Å². The first-order valence-electron chi connectivity index (χ1n) is 10.3. The van der Waals surface area contributed by atoms with Crippen LogP contribution < -0.4 is 4.90 Å². The SMILES string of the molecule is COC(=O)N1CC2(C1)C(=O)N(c1ccc(C#N)c(F)c1)CC(=O)N2Cc1ccc(C(F)(F)F)cc1. The first kappa shape index (κ1) is 24.0. The molecular formula is C23H18F4N4O4. The number of piperazine rings is 1. The maximum atomic E-state index is 14.2. The topological polar surface area (TPSA) is 94.0 Å². The molecule has 182 valence electrons. The predicted octanol–water partition coefficient (Wildman–Crippen LogP) is 2.91. The van der Waals surface area contributed by atoms with Crippen LogP contribution in [0.3, 0.4) is 0 Å². The molecule has 2 aromatic rings. The molecule has 2 saturated heterocycles. The van der Waals surface area contributed by atoms with Gasteiger partial charge >= 0.3 is 12.3 Å². The van der Waals surface area contributed by atoms with Gasteiger partial charge in [0.25, 0.3) is 5.91 Å². The molecule has 2 aliphatic rings. The Labute approximate surface area is 196 Å². The lowest BCUT2D eigenvalue weighted by Gasteiger charge is -2.57. The summed E-state index contributed by atoms with van der Waals surface area (Å²) in [5, 5.41) is 8.94. The molecule has 8 nitrogen and oxygen atoms in total. The normalized spacial score (nSPS) is 17.3. The number of ether oxygens (including phenoxy) is 1. The quantitative estimate of drug-likeness (QED) is 0.617. The summed E-state index contributed by atoms with van der Waals surface area (Å²) in [4.78, 5) is 42.3. The van der Waals surface area contributed by atoms with E-state index in [2.05, 4.69) is 4.74 Å². The van der Waals surface area contributed by atoms with Gasteiger partial charge in [-0.3, -0.25) is 9.59 Å². The van der Waals surface area contributed by atoms with Crippen LogP contribution in [0.1, 0.15) is 16.7 Å². The van der Waals surface area contributed by atoms with Gasteiger partial charge in [-0.05, 0) is 35.9 Å². The van der Waals surface area contributed by atoms with E-state index in [4.69, 9.17) is 5.26 Å². The van der Waals surface area contributed by atoms with Crippen LogP contribution in [0.2, 0.25) is 0 Å². The van der Waals surface area contributed by atoms with E-state index in [-0.39, 0.29) is 30.9 Å². The number of alkyl halides is 3. The van der Waals surface area contributed by atoms with Gasteiger partial charge in [-0.1, -0.05) is 12.1 Å². The van der Waals surface area contributed by atoms with E-state index >= 15 is 0 Å². The van der Waals surface area contributed by atoms with E-state index in [1.54, 1.807) is 6.07 Å². The number of carbonyl (C=O) groups excluding carboxylic acids is 3. The van der Waals surface area contributed by atoms with Gasteiger partial charge in [-0.25, -0.2) is 9.18 Å².